The van der Waals surface area contributed by atoms with Crippen LogP contribution >= 0.6 is 11.8 Å². The fourth-order valence-electron chi connectivity index (χ4n) is 0.385. The van der Waals surface area contributed by atoms with Gasteiger partial charge < -0.3 is 13.7 Å². The molecule has 0 radical (unpaired) electrons. The van der Waals surface area contributed by atoms with Gasteiger partial charge in [-0.05, 0) is 0 Å². The van der Waals surface area contributed by atoms with Gasteiger partial charge in [0.1, 0.15) is 0 Å². The van der Waals surface area contributed by atoms with Gasteiger partial charge in [-0.3, -0.25) is 11.8 Å². The monoisotopic (exact) mass is 216 g/mol. The molecule has 3 nitrogen and oxygen atoms in total. The molecule has 0 spiro atoms. The van der Waals surface area contributed by atoms with Crippen LogP contribution in [0.1, 0.15) is 0 Å². The molecule has 0 saturated heterocycles. The Kier molecular flexibility index (Phi) is 34.3. The van der Waals surface area contributed by atoms with Gasteiger partial charge >= 0.3 is 29.6 Å². The summed E-state index contributed by atoms with van der Waals surface area (Å²) < 4.78 is 16.7. The molecule has 1 N–H and O–H groups in total. The van der Waals surface area contributed by atoms with Crippen molar-refractivity contribution in [2.45, 2.75) is 0 Å². The number of halogens is 1. The summed E-state index contributed by atoms with van der Waals surface area (Å²) in [5.41, 5.74) is 0. The zero-order chi connectivity index (χ0) is 8.95. The van der Waals surface area contributed by atoms with Crippen molar-refractivity contribution in [1.29, 1.82) is 0 Å². The molecule has 0 aromatic heterocycles. The molecule has 1 aromatic rings. The van der Waals surface area contributed by atoms with Crippen LogP contribution in [0.25, 0.3) is 5.25 Å². The average molecular weight is 217 g/mol. The number of rotatable bonds is 0. The maximum Gasteiger partial charge on any atom is 1.00 e. The summed E-state index contributed by atoms with van der Waals surface area (Å²) in [4.78, 5) is 0. The topological polar surface area (TPSA) is 57.9 Å². The molecule has 0 aliphatic rings. The van der Waals surface area contributed by atoms with Gasteiger partial charge in [0.05, 0.1) is 0 Å². The van der Waals surface area contributed by atoms with Gasteiger partial charge in [-0.25, -0.2) is 0 Å². The van der Waals surface area contributed by atoms with Crippen molar-refractivity contribution in [1.82, 2.24) is 0 Å². The molecule has 0 aliphatic carbocycles. The summed E-state index contributed by atoms with van der Waals surface area (Å²) in [6.45, 7) is 0. The fourth-order valence-corrected chi connectivity index (χ4v) is 0.385. The van der Waals surface area contributed by atoms with Crippen molar-refractivity contribution in [2.24, 2.45) is 0 Å². The van der Waals surface area contributed by atoms with Crippen LogP contribution in [-0.2, 0) is 20.0 Å². The first-order chi connectivity index (χ1) is 5.41. The summed E-state index contributed by atoms with van der Waals surface area (Å²) in [6.07, 6.45) is 0. The molecular weight excluding hydrogens is 209 g/mol. The van der Waals surface area contributed by atoms with Gasteiger partial charge in [0.15, 0.2) is 0 Å². The summed E-state index contributed by atoms with van der Waals surface area (Å²) in [5, 5.41) is 5.22. The quantitative estimate of drug-likeness (QED) is 0.330. The Morgan fingerprint density at radius 2 is 0.917 bits per heavy atom. The zero-order valence-electron chi connectivity index (χ0n) is 6.61. The zero-order valence-corrected chi connectivity index (χ0v) is 10.3. The molecule has 0 fully saturated rings. The van der Waals surface area contributed by atoms with E-state index in [9.17, 15) is 0 Å². The second-order valence-corrected chi connectivity index (χ2v) is 1.38. The van der Waals surface area contributed by atoms with Crippen molar-refractivity contribution in [3.8, 4) is 0 Å². The van der Waals surface area contributed by atoms with Crippen LogP contribution in [0.2, 0.25) is 0 Å². The third-order valence-electron chi connectivity index (χ3n) is 0.667. The second-order valence-electron chi connectivity index (χ2n) is 1.23. The SMILES string of the molecule is O=[SH-]=O.[NH-]Cl.[Na+].c1ccccc1. The summed E-state index contributed by atoms with van der Waals surface area (Å²) in [7, 11) is 0. The largest absolute Gasteiger partial charge is 1.00 e. The maximum absolute atomic E-state index is 8.35. The number of thiol groups is 1. The van der Waals surface area contributed by atoms with Crippen molar-refractivity contribution in [3.63, 3.8) is 0 Å². The maximum atomic E-state index is 8.35. The van der Waals surface area contributed by atoms with E-state index in [2.05, 4.69) is 11.8 Å². The fraction of sp³-hybridized carbons (Fsp3) is 0. The van der Waals surface area contributed by atoms with E-state index in [1.54, 1.807) is 0 Å². The molecule has 12 heavy (non-hydrogen) atoms. The minimum absolute atomic E-state index is 0. The van der Waals surface area contributed by atoms with E-state index in [-0.39, 0.29) is 29.6 Å². The predicted octanol–water partition coefficient (Wildman–Crippen LogP) is -0.625. The average Bonchev–Trinajstić information content (AvgIpc) is 2.12. The molecule has 1 rings (SSSR count). The van der Waals surface area contributed by atoms with E-state index in [4.69, 9.17) is 13.7 Å². The number of nitrogens with one attached hydrogen (secondary N) is 1. The molecule has 64 valence electrons. The minimum Gasteiger partial charge on any atom is -0.590 e. The first kappa shape index (κ1) is 18.3. The molecule has 1 aromatic carbocycles. The van der Waals surface area contributed by atoms with E-state index < -0.39 is 11.6 Å². The molecule has 6 heteroatoms. The Bertz CT molecular complexity index is 155. The van der Waals surface area contributed by atoms with Crippen molar-refractivity contribution in [2.75, 3.05) is 0 Å². The van der Waals surface area contributed by atoms with Crippen LogP contribution in [0.4, 0.5) is 0 Å². The van der Waals surface area contributed by atoms with Gasteiger partial charge in [0.2, 0.25) is 0 Å². The van der Waals surface area contributed by atoms with E-state index >= 15 is 0 Å². The Balaban J connectivity index is -0.000000119. The van der Waals surface area contributed by atoms with Crippen molar-refractivity contribution < 1.29 is 38.0 Å². The summed E-state index contributed by atoms with van der Waals surface area (Å²) >= 11 is 2.81. The molecular formula is C6H8ClNNaO2S-. The Morgan fingerprint density at radius 1 is 0.833 bits per heavy atom. The van der Waals surface area contributed by atoms with Gasteiger partial charge in [0, 0.05) is 0 Å². The first-order valence-corrected chi connectivity index (χ1v) is 3.66. The third-order valence-corrected chi connectivity index (χ3v) is 0.667. The number of hydrogen-bond donors (Lipinski definition) is 0. The smallest absolute Gasteiger partial charge is 0.590 e. The molecule has 0 atom stereocenters. The minimum atomic E-state index is -1.08. The van der Waals surface area contributed by atoms with E-state index in [1.807, 2.05) is 36.4 Å². The van der Waals surface area contributed by atoms with E-state index in [0.717, 1.165) is 0 Å². The third kappa shape index (κ3) is 22.4. The summed E-state index contributed by atoms with van der Waals surface area (Å²) in [6, 6.07) is 12.0. The Morgan fingerprint density at radius 3 is 1.00 bits per heavy atom. The van der Waals surface area contributed by atoms with Gasteiger partial charge in [0.25, 0.3) is 0 Å². The van der Waals surface area contributed by atoms with Crippen LogP contribution in [0.3, 0.4) is 0 Å². The molecule has 0 unspecified atom stereocenters. The van der Waals surface area contributed by atoms with Crippen LogP contribution in [0, 0.1) is 0 Å². The van der Waals surface area contributed by atoms with Crippen LogP contribution < -0.4 is 29.6 Å². The normalized spacial score (nSPS) is 5.83. The molecule has 0 aliphatic heterocycles. The predicted molar refractivity (Wildman–Crippen MR) is 46.7 cm³/mol. The van der Waals surface area contributed by atoms with Crippen LogP contribution in [0.15, 0.2) is 36.4 Å². The first-order valence-electron chi connectivity index (χ1n) is 2.55. The van der Waals surface area contributed by atoms with Gasteiger partial charge in [-0.2, -0.15) is 0 Å². The second kappa shape index (κ2) is 22.5. The Hall–Kier alpha value is 0.420. The number of benzene rings is 1. The molecule has 0 saturated carbocycles. The molecule has 0 amide bonds. The molecule has 0 bridgehead atoms. The van der Waals surface area contributed by atoms with E-state index in [0.29, 0.717) is 0 Å². The van der Waals surface area contributed by atoms with Gasteiger partial charge in [-0.1, -0.05) is 48.0 Å². The van der Waals surface area contributed by atoms with E-state index in [1.165, 1.54) is 0 Å². The number of hydrogen-bond acceptors (Lipinski definition) is 3. The van der Waals surface area contributed by atoms with Crippen LogP contribution in [0.5, 0.6) is 0 Å². The van der Waals surface area contributed by atoms with Crippen molar-refractivity contribution >= 4 is 23.3 Å². The van der Waals surface area contributed by atoms with Crippen LogP contribution in [-0.4, -0.2) is 0 Å². The summed E-state index contributed by atoms with van der Waals surface area (Å²) in [5.74, 6) is 0. The van der Waals surface area contributed by atoms with Crippen molar-refractivity contribution in [3.05, 3.63) is 41.7 Å². The van der Waals surface area contributed by atoms with Gasteiger partial charge in [-0.15, -0.1) is 0 Å². The standard InChI is InChI=1S/C6H6.ClHN.Na.HO2S/c1-2-4-6-5-3-1;1-2;;1-3-2/h1-6H;2H;;3H/q;-1;+1;-1. The Labute approximate surface area is 102 Å². The molecule has 0 heterocycles.